The lowest BCUT2D eigenvalue weighted by atomic mass is 10.0. The van der Waals surface area contributed by atoms with Crippen LogP contribution in [0, 0.1) is 0 Å². The molecule has 2 heterocycles. The lowest BCUT2D eigenvalue weighted by molar-refractivity contribution is 0.251. The van der Waals surface area contributed by atoms with Crippen molar-refractivity contribution in [3.63, 3.8) is 0 Å². The molecule has 0 saturated heterocycles. The number of hydrogen-bond donors (Lipinski definition) is 1. The van der Waals surface area contributed by atoms with E-state index in [-0.39, 0.29) is 6.04 Å². The fourth-order valence-corrected chi connectivity index (χ4v) is 2.16. The van der Waals surface area contributed by atoms with Gasteiger partial charge in [0.1, 0.15) is 11.6 Å². The van der Waals surface area contributed by atoms with Crippen molar-refractivity contribution in [1.82, 2.24) is 9.78 Å². The third-order valence-corrected chi connectivity index (χ3v) is 2.92. The van der Waals surface area contributed by atoms with Gasteiger partial charge in [0.2, 0.25) is 0 Å². The van der Waals surface area contributed by atoms with Crippen molar-refractivity contribution in [2.24, 2.45) is 0 Å². The van der Waals surface area contributed by atoms with Gasteiger partial charge in [-0.25, -0.2) is 4.68 Å². The van der Waals surface area contributed by atoms with Gasteiger partial charge in [-0.2, -0.15) is 5.10 Å². The predicted octanol–water partition coefficient (Wildman–Crippen LogP) is 1.84. The molecule has 0 fully saturated rings. The van der Waals surface area contributed by atoms with Crippen LogP contribution in [0.15, 0.2) is 36.5 Å². The zero-order valence-electron chi connectivity index (χ0n) is 8.84. The molecule has 2 N–H and O–H groups in total. The van der Waals surface area contributed by atoms with E-state index in [1.165, 1.54) is 0 Å². The molecule has 1 aromatic carbocycles. The molecule has 0 radical (unpaired) electrons. The highest BCUT2D eigenvalue weighted by Crippen LogP contribution is 2.34. The van der Waals surface area contributed by atoms with E-state index in [0.717, 1.165) is 17.7 Å². The number of nitrogens with two attached hydrogens (primary N) is 1. The van der Waals surface area contributed by atoms with E-state index >= 15 is 0 Å². The highest BCUT2D eigenvalue weighted by Gasteiger charge is 2.23. The number of rotatable bonds is 1. The van der Waals surface area contributed by atoms with Gasteiger partial charge in [-0.1, -0.05) is 18.2 Å². The molecule has 0 saturated carbocycles. The first-order valence-electron chi connectivity index (χ1n) is 5.37. The molecule has 2 aromatic rings. The van der Waals surface area contributed by atoms with Crippen LogP contribution in [-0.2, 0) is 0 Å². The minimum atomic E-state index is 0.194. The summed E-state index contributed by atoms with van der Waals surface area (Å²) < 4.78 is 7.47. The summed E-state index contributed by atoms with van der Waals surface area (Å²) in [5.74, 6) is 1.63. The summed E-state index contributed by atoms with van der Waals surface area (Å²) in [5, 5.41) is 4.27. The van der Waals surface area contributed by atoms with Crippen molar-refractivity contribution in [3.8, 4) is 5.75 Å². The number of aromatic nitrogens is 2. The third kappa shape index (κ3) is 1.34. The van der Waals surface area contributed by atoms with Gasteiger partial charge in [-0.05, 0) is 12.1 Å². The van der Waals surface area contributed by atoms with E-state index in [1.807, 2.05) is 28.9 Å². The van der Waals surface area contributed by atoms with Gasteiger partial charge >= 0.3 is 0 Å². The Balaban J connectivity index is 2.08. The summed E-state index contributed by atoms with van der Waals surface area (Å²) in [7, 11) is 0. The summed E-state index contributed by atoms with van der Waals surface area (Å²) in [6.07, 6.45) is 2.64. The molecule has 1 aliphatic rings. The van der Waals surface area contributed by atoms with Gasteiger partial charge in [0.25, 0.3) is 0 Å². The van der Waals surface area contributed by atoms with Crippen molar-refractivity contribution in [2.75, 3.05) is 12.3 Å². The topological polar surface area (TPSA) is 53.1 Å². The number of ether oxygens (including phenoxy) is 1. The number of hydrogen-bond acceptors (Lipinski definition) is 3. The first-order valence-corrected chi connectivity index (χ1v) is 5.37. The average Bonchev–Trinajstić information content (AvgIpc) is 2.75. The second kappa shape index (κ2) is 3.56. The van der Waals surface area contributed by atoms with Crippen LogP contribution in [0.4, 0.5) is 5.82 Å². The maximum atomic E-state index is 5.89. The lowest BCUT2D eigenvalue weighted by Crippen LogP contribution is -2.22. The second-order valence-electron chi connectivity index (χ2n) is 3.89. The molecule has 4 heteroatoms. The lowest BCUT2D eigenvalue weighted by Gasteiger charge is -2.26. The van der Waals surface area contributed by atoms with E-state index in [9.17, 15) is 0 Å². The number of anilines is 1. The third-order valence-electron chi connectivity index (χ3n) is 2.92. The zero-order chi connectivity index (χ0) is 11.0. The Morgan fingerprint density at radius 1 is 1.31 bits per heavy atom. The Labute approximate surface area is 93.6 Å². The summed E-state index contributed by atoms with van der Waals surface area (Å²) >= 11 is 0. The number of benzene rings is 1. The van der Waals surface area contributed by atoms with E-state index in [1.54, 1.807) is 6.20 Å². The highest BCUT2D eigenvalue weighted by atomic mass is 16.5. The predicted molar refractivity (Wildman–Crippen MR) is 61.3 cm³/mol. The number of fused-ring (bicyclic) bond motifs is 1. The number of para-hydroxylation sites is 1. The van der Waals surface area contributed by atoms with Crippen molar-refractivity contribution in [2.45, 2.75) is 12.5 Å². The van der Waals surface area contributed by atoms with Crippen LogP contribution >= 0.6 is 0 Å². The highest BCUT2D eigenvalue weighted by molar-refractivity contribution is 5.40. The summed E-state index contributed by atoms with van der Waals surface area (Å²) in [6, 6.07) is 10.1. The van der Waals surface area contributed by atoms with Crippen LogP contribution in [0.1, 0.15) is 18.0 Å². The van der Waals surface area contributed by atoms with Crippen LogP contribution in [0.3, 0.4) is 0 Å². The van der Waals surface area contributed by atoms with Crippen molar-refractivity contribution >= 4 is 5.82 Å². The molecule has 0 bridgehead atoms. The fourth-order valence-electron chi connectivity index (χ4n) is 2.16. The Bertz CT molecular complexity index is 506. The number of nitrogens with zero attached hydrogens (tertiary/aromatic N) is 2. The second-order valence-corrected chi connectivity index (χ2v) is 3.89. The summed E-state index contributed by atoms with van der Waals surface area (Å²) in [6.45, 7) is 0.709. The standard InChI is InChI=1S/C12H13N3O/c13-12-5-7-14-15(12)10-6-8-16-11-4-2-1-3-9(10)11/h1-5,7,10H,6,8,13H2. The van der Waals surface area contributed by atoms with Gasteiger partial charge in [-0.15, -0.1) is 0 Å². The smallest absolute Gasteiger partial charge is 0.124 e. The summed E-state index contributed by atoms with van der Waals surface area (Å²) in [5.41, 5.74) is 7.04. The molecule has 1 aromatic heterocycles. The maximum Gasteiger partial charge on any atom is 0.124 e. The van der Waals surface area contributed by atoms with Crippen LogP contribution < -0.4 is 10.5 Å². The van der Waals surface area contributed by atoms with Gasteiger partial charge in [-0.3, -0.25) is 0 Å². The minimum absolute atomic E-state index is 0.194. The van der Waals surface area contributed by atoms with Gasteiger partial charge < -0.3 is 10.5 Å². The van der Waals surface area contributed by atoms with Gasteiger partial charge in [0.05, 0.1) is 18.8 Å². The Morgan fingerprint density at radius 3 is 3.00 bits per heavy atom. The van der Waals surface area contributed by atoms with E-state index in [4.69, 9.17) is 10.5 Å². The van der Waals surface area contributed by atoms with E-state index < -0.39 is 0 Å². The van der Waals surface area contributed by atoms with E-state index in [0.29, 0.717) is 12.4 Å². The van der Waals surface area contributed by atoms with Crippen LogP contribution in [0.25, 0.3) is 0 Å². The van der Waals surface area contributed by atoms with Crippen LogP contribution in [0.5, 0.6) is 5.75 Å². The molecule has 16 heavy (non-hydrogen) atoms. The molecule has 0 aliphatic carbocycles. The first-order chi connectivity index (χ1) is 7.86. The normalized spacial score (nSPS) is 18.9. The van der Waals surface area contributed by atoms with Crippen LogP contribution in [-0.4, -0.2) is 16.4 Å². The van der Waals surface area contributed by atoms with E-state index in [2.05, 4.69) is 11.2 Å². The maximum absolute atomic E-state index is 5.89. The molecular formula is C12H13N3O. The molecule has 3 rings (SSSR count). The minimum Gasteiger partial charge on any atom is -0.493 e. The largest absolute Gasteiger partial charge is 0.493 e. The molecule has 0 amide bonds. The molecule has 0 spiro atoms. The quantitative estimate of drug-likeness (QED) is 0.789. The Kier molecular flexibility index (Phi) is 2.06. The van der Waals surface area contributed by atoms with Crippen molar-refractivity contribution in [1.29, 1.82) is 0 Å². The van der Waals surface area contributed by atoms with Crippen molar-refractivity contribution in [3.05, 3.63) is 42.1 Å². The number of nitrogen functional groups attached to an aromatic ring is 1. The Morgan fingerprint density at radius 2 is 2.19 bits per heavy atom. The monoisotopic (exact) mass is 215 g/mol. The molecule has 1 unspecified atom stereocenters. The van der Waals surface area contributed by atoms with Gasteiger partial charge in [0, 0.05) is 12.0 Å². The molecule has 1 aliphatic heterocycles. The molecular weight excluding hydrogens is 202 g/mol. The van der Waals surface area contributed by atoms with Crippen LogP contribution in [0.2, 0.25) is 0 Å². The zero-order valence-corrected chi connectivity index (χ0v) is 8.84. The summed E-state index contributed by atoms with van der Waals surface area (Å²) in [4.78, 5) is 0. The fraction of sp³-hybridized carbons (Fsp3) is 0.250. The molecule has 1 atom stereocenters. The Hall–Kier alpha value is -1.97. The van der Waals surface area contributed by atoms with Crippen molar-refractivity contribution < 1.29 is 4.74 Å². The average molecular weight is 215 g/mol. The SMILES string of the molecule is Nc1ccnn1C1CCOc2ccccc21. The molecule has 82 valence electrons. The van der Waals surface area contributed by atoms with Gasteiger partial charge in [0.15, 0.2) is 0 Å². The first kappa shape index (κ1) is 9.27. The molecule has 4 nitrogen and oxygen atoms in total.